The molecule has 6 nitrogen and oxygen atoms in total. The van der Waals surface area contributed by atoms with E-state index in [1.54, 1.807) is 0 Å². The van der Waals surface area contributed by atoms with Crippen LogP contribution in [-0.2, 0) is 4.79 Å². The van der Waals surface area contributed by atoms with Crippen molar-refractivity contribution < 1.29 is 20.1 Å². The molecule has 4 rings (SSSR count). The first-order valence-corrected chi connectivity index (χ1v) is 12.2. The van der Waals surface area contributed by atoms with E-state index < -0.39 is 0 Å². The van der Waals surface area contributed by atoms with Gasteiger partial charge in [0, 0.05) is 6.42 Å². The van der Waals surface area contributed by atoms with E-state index in [1.807, 2.05) is 0 Å². The maximum absolute atomic E-state index is 11.6. The number of hydrazine groups is 1. The third-order valence-corrected chi connectivity index (χ3v) is 10.5. The number of carbonyl (C=O) groups excluding carboxylic acids is 1. The number of fused-ring (bicyclic) bond motifs is 5. The molecule has 4 fully saturated rings. The van der Waals surface area contributed by atoms with Crippen molar-refractivity contribution in [3.05, 3.63) is 0 Å². The van der Waals surface area contributed by atoms with Crippen LogP contribution in [0.5, 0.6) is 0 Å². The Morgan fingerprint density at radius 3 is 2.53 bits per heavy atom. The van der Waals surface area contributed by atoms with Crippen molar-refractivity contribution in [2.24, 2.45) is 52.2 Å². The summed E-state index contributed by atoms with van der Waals surface area (Å²) in [6.45, 7) is 6.82. The molecule has 4 aliphatic carbocycles. The second-order valence-corrected chi connectivity index (χ2v) is 11.6. The Kier molecular flexibility index (Phi) is 6.02. The molecule has 6 N–H and O–H groups in total. The van der Waals surface area contributed by atoms with Crippen molar-refractivity contribution >= 4 is 5.91 Å². The number of amides is 1. The molecule has 4 aliphatic rings. The highest BCUT2D eigenvalue weighted by Crippen LogP contribution is 2.68. The van der Waals surface area contributed by atoms with E-state index in [-0.39, 0.29) is 41.0 Å². The zero-order valence-electron chi connectivity index (χ0n) is 18.9. The summed E-state index contributed by atoms with van der Waals surface area (Å²) in [5, 5.41) is 33.1. The Balaban J connectivity index is 1.58. The van der Waals surface area contributed by atoms with Gasteiger partial charge in [-0.2, -0.15) is 0 Å². The van der Waals surface area contributed by atoms with Crippen molar-refractivity contribution in [1.29, 1.82) is 0 Å². The quantitative estimate of drug-likeness (QED) is 0.271. The summed E-state index contributed by atoms with van der Waals surface area (Å²) in [5.74, 6) is 7.03. The topological polar surface area (TPSA) is 116 Å². The third-order valence-electron chi connectivity index (χ3n) is 10.5. The molecule has 0 aliphatic heterocycles. The minimum atomic E-state index is -0.378. The van der Waals surface area contributed by atoms with Gasteiger partial charge in [-0.05, 0) is 97.7 Å². The molecule has 0 spiro atoms. The molecule has 0 bridgehead atoms. The standard InChI is InChI=1S/C24H42N2O4/c1-13(4-7-21(30)26-25)16-5-6-17-22-18(12-20(29)24(16,17)3)23(2)9-8-15(27)10-14(23)11-19(22)28/h13-20,22,27-29H,4-12,25H2,1-3H3,(H,26,30)/t13-,14+,15-,16+,17-,18-,19-,20+,22-,23+,24-/m1/s1. The molecule has 172 valence electrons. The predicted molar refractivity (Wildman–Crippen MR) is 115 cm³/mol. The lowest BCUT2D eigenvalue weighted by Crippen LogP contribution is -2.62. The van der Waals surface area contributed by atoms with Crippen LogP contribution in [0.15, 0.2) is 0 Å². The van der Waals surface area contributed by atoms with Crippen LogP contribution in [0.1, 0.15) is 78.6 Å². The number of hydrogen-bond acceptors (Lipinski definition) is 5. The fourth-order valence-electron chi connectivity index (χ4n) is 8.76. The average molecular weight is 423 g/mol. The van der Waals surface area contributed by atoms with E-state index in [2.05, 4.69) is 26.2 Å². The molecule has 0 heterocycles. The Morgan fingerprint density at radius 1 is 1.10 bits per heavy atom. The van der Waals surface area contributed by atoms with Gasteiger partial charge in [-0.1, -0.05) is 20.8 Å². The molecule has 1 amide bonds. The highest BCUT2D eigenvalue weighted by atomic mass is 16.3. The van der Waals surface area contributed by atoms with Crippen LogP contribution in [0.2, 0.25) is 0 Å². The van der Waals surface area contributed by atoms with Crippen LogP contribution in [0.3, 0.4) is 0 Å². The Morgan fingerprint density at radius 2 is 1.83 bits per heavy atom. The van der Waals surface area contributed by atoms with Gasteiger partial charge >= 0.3 is 0 Å². The summed E-state index contributed by atoms with van der Waals surface area (Å²) in [7, 11) is 0. The zero-order chi connectivity index (χ0) is 21.8. The normalized spacial score (nSPS) is 51.4. The molecular formula is C24H42N2O4. The van der Waals surface area contributed by atoms with Crippen molar-refractivity contribution in [2.45, 2.75) is 96.9 Å². The van der Waals surface area contributed by atoms with Gasteiger partial charge in [0.05, 0.1) is 18.3 Å². The van der Waals surface area contributed by atoms with Crippen LogP contribution < -0.4 is 11.3 Å². The largest absolute Gasteiger partial charge is 0.393 e. The van der Waals surface area contributed by atoms with E-state index >= 15 is 0 Å². The number of rotatable bonds is 4. The number of hydrogen-bond donors (Lipinski definition) is 5. The second kappa shape index (κ2) is 8.02. The van der Waals surface area contributed by atoms with Gasteiger partial charge < -0.3 is 15.3 Å². The molecule has 11 atom stereocenters. The highest BCUT2D eigenvalue weighted by molar-refractivity contribution is 5.75. The summed E-state index contributed by atoms with van der Waals surface area (Å²) in [6, 6.07) is 0. The fraction of sp³-hybridized carbons (Fsp3) is 0.958. The number of aliphatic hydroxyl groups excluding tert-OH is 3. The molecule has 30 heavy (non-hydrogen) atoms. The van der Waals surface area contributed by atoms with Gasteiger partial charge in [0.25, 0.3) is 0 Å². The van der Waals surface area contributed by atoms with Crippen LogP contribution in [-0.4, -0.2) is 39.5 Å². The van der Waals surface area contributed by atoms with Crippen molar-refractivity contribution in [3.63, 3.8) is 0 Å². The first-order chi connectivity index (χ1) is 14.1. The lowest BCUT2D eigenvalue weighted by molar-refractivity contribution is -0.207. The second-order valence-electron chi connectivity index (χ2n) is 11.6. The molecule has 6 heteroatoms. The van der Waals surface area contributed by atoms with E-state index in [0.717, 1.165) is 51.4 Å². The van der Waals surface area contributed by atoms with Crippen molar-refractivity contribution in [1.82, 2.24) is 5.43 Å². The SMILES string of the molecule is C[C@H](CCC(=O)NN)[C@@H]1CC[C@@H]2[C@H]3[C@H](O)C[C@@H]4C[C@H](O)CC[C@]4(C)[C@@H]3C[C@H](O)[C@@]21C. The van der Waals surface area contributed by atoms with Crippen molar-refractivity contribution in [3.8, 4) is 0 Å². The van der Waals surface area contributed by atoms with Gasteiger partial charge in [0.1, 0.15) is 0 Å². The van der Waals surface area contributed by atoms with Gasteiger partial charge in [0.2, 0.25) is 5.91 Å². The van der Waals surface area contributed by atoms with E-state index in [4.69, 9.17) is 5.84 Å². The smallest absolute Gasteiger partial charge is 0.233 e. The van der Waals surface area contributed by atoms with E-state index in [0.29, 0.717) is 36.0 Å². The zero-order valence-corrected chi connectivity index (χ0v) is 18.9. The van der Waals surface area contributed by atoms with Gasteiger partial charge in [0.15, 0.2) is 0 Å². The minimum Gasteiger partial charge on any atom is -0.393 e. The van der Waals surface area contributed by atoms with Gasteiger partial charge in [-0.3, -0.25) is 10.2 Å². The van der Waals surface area contributed by atoms with Crippen LogP contribution >= 0.6 is 0 Å². The monoisotopic (exact) mass is 422 g/mol. The average Bonchev–Trinajstić information content (AvgIpc) is 3.06. The Bertz CT molecular complexity index is 659. The number of carbonyl (C=O) groups is 1. The fourth-order valence-corrected chi connectivity index (χ4v) is 8.76. The van der Waals surface area contributed by atoms with E-state index in [9.17, 15) is 20.1 Å². The van der Waals surface area contributed by atoms with Crippen LogP contribution in [0.25, 0.3) is 0 Å². The molecule has 0 aromatic rings. The Labute approximate surface area is 181 Å². The highest BCUT2D eigenvalue weighted by Gasteiger charge is 2.65. The number of nitrogens with one attached hydrogen (secondary N) is 1. The summed E-state index contributed by atoms with van der Waals surface area (Å²) in [5.41, 5.74) is 2.12. The summed E-state index contributed by atoms with van der Waals surface area (Å²) < 4.78 is 0. The molecule has 4 saturated carbocycles. The van der Waals surface area contributed by atoms with Crippen LogP contribution in [0.4, 0.5) is 0 Å². The molecule has 0 radical (unpaired) electrons. The third kappa shape index (κ3) is 3.33. The van der Waals surface area contributed by atoms with E-state index in [1.165, 1.54) is 0 Å². The maximum atomic E-state index is 11.6. The molecule has 0 saturated heterocycles. The first kappa shape index (κ1) is 22.5. The van der Waals surface area contributed by atoms with Gasteiger partial charge in [-0.15, -0.1) is 0 Å². The van der Waals surface area contributed by atoms with Crippen molar-refractivity contribution in [2.75, 3.05) is 0 Å². The molecular weight excluding hydrogens is 380 g/mol. The van der Waals surface area contributed by atoms with Gasteiger partial charge in [-0.25, -0.2) is 5.84 Å². The maximum Gasteiger partial charge on any atom is 0.233 e. The molecule has 0 unspecified atom stereocenters. The lowest BCUT2D eigenvalue weighted by Gasteiger charge is -2.63. The minimum absolute atomic E-state index is 0.106. The number of aliphatic hydroxyl groups is 3. The summed E-state index contributed by atoms with van der Waals surface area (Å²) >= 11 is 0. The number of nitrogens with two attached hydrogens (primary N) is 1. The summed E-state index contributed by atoms with van der Waals surface area (Å²) in [4.78, 5) is 11.6. The lowest BCUT2D eigenvalue weighted by atomic mass is 9.43. The predicted octanol–water partition coefficient (Wildman–Crippen LogP) is 2.35. The molecule has 0 aromatic carbocycles. The summed E-state index contributed by atoms with van der Waals surface area (Å²) in [6.07, 6.45) is 6.50. The van der Waals surface area contributed by atoms with Crippen LogP contribution in [0, 0.1) is 46.3 Å². The first-order valence-electron chi connectivity index (χ1n) is 12.2. The Hall–Kier alpha value is -0.690. The molecule has 0 aromatic heterocycles.